The first-order valence-corrected chi connectivity index (χ1v) is 7.64. The lowest BCUT2D eigenvalue weighted by Gasteiger charge is -2.28. The van der Waals surface area contributed by atoms with Crippen molar-refractivity contribution >= 4 is 12.7 Å². The second kappa shape index (κ2) is 4.27. The molecule has 18 heavy (non-hydrogen) atoms. The van der Waals surface area contributed by atoms with Gasteiger partial charge in [-0.1, -0.05) is 36.4 Å². The van der Waals surface area contributed by atoms with Crippen LogP contribution in [0.3, 0.4) is 0 Å². The molecule has 2 aromatic rings. The zero-order valence-electron chi connectivity index (χ0n) is 9.74. The van der Waals surface area contributed by atoms with E-state index in [-0.39, 0.29) is 12.8 Å². The molecule has 0 spiro atoms. The van der Waals surface area contributed by atoms with Crippen LogP contribution in [0.1, 0.15) is 0 Å². The number of rotatable bonds is 2. The second-order valence-corrected chi connectivity index (χ2v) is 6.68. The number of aliphatic hydroxyl groups excluding tert-OH is 1. The van der Waals surface area contributed by atoms with E-state index in [1.165, 1.54) is 0 Å². The Morgan fingerprint density at radius 1 is 1.00 bits per heavy atom. The number of hydrogen-bond acceptors (Lipinski definition) is 3. The molecule has 3 nitrogen and oxygen atoms in total. The minimum atomic E-state index is -2.99. The number of aliphatic hydroxyl groups is 1. The molecule has 1 heterocycles. The van der Waals surface area contributed by atoms with Gasteiger partial charge >= 0.3 is 0 Å². The third kappa shape index (κ3) is 1.67. The van der Waals surface area contributed by atoms with Crippen molar-refractivity contribution in [2.24, 2.45) is 0 Å². The molecule has 0 amide bonds. The van der Waals surface area contributed by atoms with Gasteiger partial charge in [0.25, 0.3) is 7.37 Å². The molecule has 1 N–H and O–H groups in total. The van der Waals surface area contributed by atoms with E-state index >= 15 is 0 Å². The molecule has 1 aliphatic rings. The van der Waals surface area contributed by atoms with Crippen LogP contribution in [0, 0.1) is 0 Å². The summed E-state index contributed by atoms with van der Waals surface area (Å²) in [5.41, 5.74) is 1.90. The van der Waals surface area contributed by atoms with Crippen molar-refractivity contribution in [1.82, 2.24) is 0 Å². The van der Waals surface area contributed by atoms with Gasteiger partial charge in [-0.25, -0.2) is 0 Å². The van der Waals surface area contributed by atoms with Gasteiger partial charge in [0.05, 0.1) is 18.1 Å². The summed E-state index contributed by atoms with van der Waals surface area (Å²) in [6, 6.07) is 15.1. The molecular formula is C14H13O3P. The van der Waals surface area contributed by atoms with E-state index in [1.54, 1.807) is 0 Å². The fourth-order valence-electron chi connectivity index (χ4n) is 2.27. The van der Waals surface area contributed by atoms with Crippen LogP contribution in [0.4, 0.5) is 0 Å². The van der Waals surface area contributed by atoms with E-state index in [4.69, 9.17) is 9.63 Å². The number of fused-ring (bicyclic) bond motifs is 3. The lowest BCUT2D eigenvalue weighted by atomic mass is 10.0. The van der Waals surface area contributed by atoms with Crippen LogP contribution in [-0.2, 0) is 4.57 Å². The maximum Gasteiger partial charge on any atom is 0.280 e. The second-order valence-electron chi connectivity index (χ2n) is 4.23. The first kappa shape index (κ1) is 11.5. The quantitative estimate of drug-likeness (QED) is 0.844. The zero-order chi connectivity index (χ0) is 12.6. The molecule has 0 fully saturated rings. The SMILES string of the molecule is O=[P@@]1(CCO)Oc2ccccc2-c2ccccc21. The van der Waals surface area contributed by atoms with Crippen molar-refractivity contribution in [3.05, 3.63) is 48.5 Å². The summed E-state index contributed by atoms with van der Waals surface area (Å²) in [6.45, 7) is -0.145. The fourth-order valence-corrected chi connectivity index (χ4v) is 4.32. The Morgan fingerprint density at radius 3 is 2.44 bits per heavy atom. The fraction of sp³-hybridized carbons (Fsp3) is 0.143. The van der Waals surface area contributed by atoms with Gasteiger partial charge in [-0.15, -0.1) is 0 Å². The smallest absolute Gasteiger partial charge is 0.280 e. The molecular weight excluding hydrogens is 247 g/mol. The van der Waals surface area contributed by atoms with Gasteiger partial charge in [-0.05, 0) is 17.7 Å². The van der Waals surface area contributed by atoms with Crippen LogP contribution in [0.5, 0.6) is 5.75 Å². The minimum Gasteiger partial charge on any atom is -0.439 e. The molecule has 0 radical (unpaired) electrons. The van der Waals surface area contributed by atoms with Crippen LogP contribution in [0.2, 0.25) is 0 Å². The Balaban J connectivity index is 2.26. The number of benzene rings is 2. The van der Waals surface area contributed by atoms with Gasteiger partial charge in [0, 0.05) is 5.56 Å². The van der Waals surface area contributed by atoms with E-state index in [1.807, 2.05) is 48.5 Å². The third-order valence-corrected chi connectivity index (χ3v) is 5.49. The first-order chi connectivity index (χ1) is 8.74. The summed E-state index contributed by atoms with van der Waals surface area (Å²) in [4.78, 5) is 0. The summed E-state index contributed by atoms with van der Waals surface area (Å²) >= 11 is 0. The minimum absolute atomic E-state index is 0.145. The third-order valence-electron chi connectivity index (χ3n) is 3.09. The molecule has 1 atom stereocenters. The Bertz CT molecular complexity index is 636. The summed E-state index contributed by atoms with van der Waals surface area (Å²) in [6.07, 6.45) is 0.151. The van der Waals surface area contributed by atoms with Crippen LogP contribution < -0.4 is 9.83 Å². The Kier molecular flexibility index (Phi) is 2.73. The van der Waals surface area contributed by atoms with E-state index < -0.39 is 7.37 Å². The van der Waals surface area contributed by atoms with E-state index in [2.05, 4.69) is 0 Å². The van der Waals surface area contributed by atoms with E-state index in [9.17, 15) is 4.57 Å². The van der Waals surface area contributed by atoms with Gasteiger partial charge in [-0.3, -0.25) is 4.57 Å². The molecule has 3 rings (SSSR count). The van der Waals surface area contributed by atoms with Crippen molar-refractivity contribution in [3.8, 4) is 16.9 Å². The molecule has 92 valence electrons. The van der Waals surface area contributed by atoms with Crippen LogP contribution in [0.25, 0.3) is 11.1 Å². The molecule has 0 unspecified atom stereocenters. The first-order valence-electron chi connectivity index (χ1n) is 5.83. The average Bonchev–Trinajstić information content (AvgIpc) is 2.39. The lowest BCUT2D eigenvalue weighted by molar-refractivity contribution is 0.316. The van der Waals surface area contributed by atoms with Crippen molar-refractivity contribution in [1.29, 1.82) is 0 Å². The maximum atomic E-state index is 12.8. The monoisotopic (exact) mass is 260 g/mol. The lowest BCUT2D eigenvalue weighted by Crippen LogP contribution is -2.20. The standard InChI is InChI=1S/C14H13O3P/c15-9-10-18(16)14-8-4-2-6-12(14)11-5-1-3-7-13(11)17-18/h1-8,15H,9-10H2/t18-/m0/s1. The number of para-hydroxylation sites is 1. The highest BCUT2D eigenvalue weighted by molar-refractivity contribution is 7.67. The largest absolute Gasteiger partial charge is 0.439 e. The van der Waals surface area contributed by atoms with Gasteiger partial charge in [0.1, 0.15) is 5.75 Å². The average molecular weight is 260 g/mol. The molecule has 0 saturated carbocycles. The van der Waals surface area contributed by atoms with Gasteiger partial charge < -0.3 is 9.63 Å². The highest BCUT2D eigenvalue weighted by Gasteiger charge is 2.34. The van der Waals surface area contributed by atoms with Crippen molar-refractivity contribution in [2.45, 2.75) is 0 Å². The summed E-state index contributed by atoms with van der Waals surface area (Å²) in [5, 5.41) is 9.81. The molecule has 4 heteroatoms. The Hall–Kier alpha value is -1.57. The summed E-state index contributed by atoms with van der Waals surface area (Å²) in [7, 11) is -2.99. The van der Waals surface area contributed by atoms with Gasteiger partial charge in [0.15, 0.2) is 0 Å². The zero-order valence-corrected chi connectivity index (χ0v) is 10.6. The molecule has 2 aromatic carbocycles. The maximum absolute atomic E-state index is 12.8. The van der Waals surface area contributed by atoms with Crippen LogP contribution in [0.15, 0.2) is 48.5 Å². The van der Waals surface area contributed by atoms with Crippen molar-refractivity contribution in [3.63, 3.8) is 0 Å². The number of hydrogen-bond donors (Lipinski definition) is 1. The van der Waals surface area contributed by atoms with Crippen molar-refractivity contribution in [2.75, 3.05) is 12.8 Å². The van der Waals surface area contributed by atoms with Crippen LogP contribution in [-0.4, -0.2) is 17.9 Å². The molecule has 1 aliphatic heterocycles. The Morgan fingerprint density at radius 2 is 1.67 bits per heavy atom. The van der Waals surface area contributed by atoms with E-state index in [0.29, 0.717) is 11.1 Å². The summed E-state index contributed by atoms with van der Waals surface area (Å²) in [5.74, 6) is 0.632. The molecule has 0 saturated heterocycles. The predicted molar refractivity (Wildman–Crippen MR) is 71.7 cm³/mol. The predicted octanol–water partition coefficient (Wildman–Crippen LogP) is 2.64. The highest BCUT2D eigenvalue weighted by atomic mass is 31.2. The van der Waals surface area contributed by atoms with Crippen LogP contribution >= 0.6 is 7.37 Å². The van der Waals surface area contributed by atoms with Crippen molar-refractivity contribution < 1.29 is 14.2 Å². The molecule has 0 aliphatic carbocycles. The topological polar surface area (TPSA) is 46.5 Å². The normalized spacial score (nSPS) is 20.7. The molecule has 0 aromatic heterocycles. The highest BCUT2D eigenvalue weighted by Crippen LogP contribution is 2.53. The summed E-state index contributed by atoms with van der Waals surface area (Å²) < 4.78 is 18.5. The Labute approximate surface area is 105 Å². The van der Waals surface area contributed by atoms with E-state index in [0.717, 1.165) is 11.1 Å². The van der Waals surface area contributed by atoms with Gasteiger partial charge in [-0.2, -0.15) is 0 Å². The van der Waals surface area contributed by atoms with Gasteiger partial charge in [0.2, 0.25) is 0 Å². The molecule has 0 bridgehead atoms.